The van der Waals surface area contributed by atoms with E-state index in [2.05, 4.69) is 18.9 Å². The van der Waals surface area contributed by atoms with Crippen LogP contribution in [0.2, 0.25) is 0 Å². The van der Waals surface area contributed by atoms with Crippen LogP contribution in [0, 0.1) is 0 Å². The van der Waals surface area contributed by atoms with E-state index in [4.69, 9.17) is 0 Å². The van der Waals surface area contributed by atoms with Gasteiger partial charge >= 0.3 is 18.5 Å². The van der Waals surface area contributed by atoms with Gasteiger partial charge in [-0.05, 0) is 0 Å². The van der Waals surface area contributed by atoms with Crippen LogP contribution >= 0.6 is 0 Å². The highest BCUT2D eigenvalue weighted by molar-refractivity contribution is 5.62. The summed E-state index contributed by atoms with van der Waals surface area (Å²) in [7, 11) is 0. The minimum absolute atomic E-state index is 0.985. The van der Waals surface area contributed by atoms with Crippen molar-refractivity contribution in [2.24, 2.45) is 0 Å². The summed E-state index contributed by atoms with van der Waals surface area (Å²) in [6.07, 6.45) is -12.0. The van der Waals surface area contributed by atoms with Crippen LogP contribution in [0.25, 0.3) is 0 Å². The standard InChI is InChI=1S/C9H8F6O5/c10-8(11,12)6(1-17-2-6)19-5(16)20-7(3-18-4-7)9(13,14)15/h1-4H2. The van der Waals surface area contributed by atoms with Gasteiger partial charge in [0.2, 0.25) is 0 Å². The van der Waals surface area contributed by atoms with Crippen molar-refractivity contribution in [1.29, 1.82) is 0 Å². The zero-order chi connectivity index (χ0) is 15.2. The van der Waals surface area contributed by atoms with Gasteiger partial charge in [0.1, 0.15) is 0 Å². The Kier molecular flexibility index (Phi) is 3.32. The molecule has 116 valence electrons. The summed E-state index contributed by atoms with van der Waals surface area (Å²) in [5, 5.41) is 0. The number of ether oxygens (including phenoxy) is 4. The smallest absolute Gasteiger partial charge is 0.413 e. The van der Waals surface area contributed by atoms with E-state index in [1.807, 2.05) is 0 Å². The maximum atomic E-state index is 12.6. The van der Waals surface area contributed by atoms with E-state index in [1.165, 1.54) is 0 Å². The maximum Gasteiger partial charge on any atom is 0.510 e. The Labute approximate surface area is 107 Å². The Morgan fingerprint density at radius 1 is 0.800 bits per heavy atom. The highest BCUT2D eigenvalue weighted by Crippen LogP contribution is 2.42. The van der Waals surface area contributed by atoms with Crippen LogP contribution < -0.4 is 0 Å². The lowest BCUT2D eigenvalue weighted by molar-refractivity contribution is -0.359. The van der Waals surface area contributed by atoms with Gasteiger partial charge in [0.25, 0.3) is 11.2 Å². The van der Waals surface area contributed by atoms with Crippen molar-refractivity contribution < 1.29 is 50.1 Å². The van der Waals surface area contributed by atoms with Gasteiger partial charge in [0.15, 0.2) is 0 Å². The van der Waals surface area contributed by atoms with Crippen LogP contribution in [0.3, 0.4) is 0 Å². The van der Waals surface area contributed by atoms with Crippen molar-refractivity contribution in [3.63, 3.8) is 0 Å². The summed E-state index contributed by atoms with van der Waals surface area (Å²) in [5.74, 6) is 0. The predicted octanol–water partition coefficient (Wildman–Crippen LogP) is 1.80. The largest absolute Gasteiger partial charge is 0.510 e. The van der Waals surface area contributed by atoms with Crippen molar-refractivity contribution in [3.05, 3.63) is 0 Å². The maximum absolute atomic E-state index is 12.6. The summed E-state index contributed by atoms with van der Waals surface area (Å²) in [4.78, 5) is 11.2. The molecule has 0 N–H and O–H groups in total. The molecule has 0 spiro atoms. The van der Waals surface area contributed by atoms with E-state index in [0.717, 1.165) is 0 Å². The number of halogens is 6. The predicted molar refractivity (Wildman–Crippen MR) is 46.8 cm³/mol. The normalized spacial score (nSPS) is 24.3. The first-order valence-corrected chi connectivity index (χ1v) is 5.22. The van der Waals surface area contributed by atoms with Crippen LogP contribution in [0.15, 0.2) is 0 Å². The molecule has 20 heavy (non-hydrogen) atoms. The average Bonchev–Trinajstić information content (AvgIpc) is 2.13. The summed E-state index contributed by atoms with van der Waals surface area (Å²) in [6, 6.07) is 0. The lowest BCUT2D eigenvalue weighted by Crippen LogP contribution is -2.66. The van der Waals surface area contributed by atoms with Gasteiger partial charge < -0.3 is 18.9 Å². The molecule has 0 bridgehead atoms. The first kappa shape index (κ1) is 15.2. The first-order valence-electron chi connectivity index (χ1n) is 5.22. The number of alkyl halides is 6. The molecule has 2 heterocycles. The highest BCUT2D eigenvalue weighted by atomic mass is 19.4. The molecule has 0 aromatic carbocycles. The zero-order valence-corrected chi connectivity index (χ0v) is 9.64. The average molecular weight is 310 g/mol. The molecule has 2 aliphatic rings. The quantitative estimate of drug-likeness (QED) is 0.575. The van der Waals surface area contributed by atoms with Crippen LogP contribution in [-0.2, 0) is 18.9 Å². The Balaban J connectivity index is 2.03. The Hall–Kier alpha value is -1.23. The zero-order valence-electron chi connectivity index (χ0n) is 9.64. The van der Waals surface area contributed by atoms with E-state index in [9.17, 15) is 31.1 Å². The Morgan fingerprint density at radius 2 is 1.10 bits per heavy atom. The molecule has 0 atom stereocenters. The Morgan fingerprint density at radius 3 is 1.25 bits per heavy atom. The Bertz CT molecular complexity index is 359. The van der Waals surface area contributed by atoms with Crippen LogP contribution in [0.1, 0.15) is 0 Å². The number of carbonyl (C=O) groups excluding carboxylic acids is 1. The summed E-state index contributed by atoms with van der Waals surface area (Å²) < 4.78 is 92.3. The van der Waals surface area contributed by atoms with Gasteiger partial charge in [-0.1, -0.05) is 0 Å². The third-order valence-corrected chi connectivity index (χ3v) is 2.93. The lowest BCUT2D eigenvalue weighted by Gasteiger charge is -2.44. The molecule has 0 aromatic rings. The SMILES string of the molecule is O=C(OC1(C(F)(F)F)COC1)OC1(C(F)(F)F)COC1. The molecule has 5 nitrogen and oxygen atoms in total. The number of hydrogen-bond acceptors (Lipinski definition) is 5. The van der Waals surface area contributed by atoms with Gasteiger partial charge in [0, 0.05) is 0 Å². The number of carbonyl (C=O) groups is 1. The molecular formula is C9H8F6O5. The third-order valence-electron chi connectivity index (χ3n) is 2.93. The second-order valence-corrected chi connectivity index (χ2v) is 4.42. The molecule has 2 fully saturated rings. The minimum Gasteiger partial charge on any atom is -0.413 e. The fourth-order valence-corrected chi connectivity index (χ4v) is 1.48. The van der Waals surface area contributed by atoms with Gasteiger partial charge in [-0.2, -0.15) is 26.3 Å². The van der Waals surface area contributed by atoms with Crippen molar-refractivity contribution >= 4 is 6.16 Å². The molecule has 0 radical (unpaired) electrons. The summed E-state index contributed by atoms with van der Waals surface area (Å²) in [6.45, 7) is -3.94. The topological polar surface area (TPSA) is 54.0 Å². The second-order valence-electron chi connectivity index (χ2n) is 4.42. The molecule has 2 rings (SSSR count). The highest BCUT2D eigenvalue weighted by Gasteiger charge is 2.67. The van der Waals surface area contributed by atoms with Gasteiger partial charge in [0.05, 0.1) is 26.4 Å². The summed E-state index contributed by atoms with van der Waals surface area (Å²) >= 11 is 0. The molecule has 11 heteroatoms. The fraction of sp³-hybridized carbons (Fsp3) is 0.889. The molecular weight excluding hydrogens is 302 g/mol. The van der Waals surface area contributed by atoms with E-state index in [1.54, 1.807) is 0 Å². The number of rotatable bonds is 2. The second kappa shape index (κ2) is 4.38. The van der Waals surface area contributed by atoms with Gasteiger partial charge in [-0.25, -0.2) is 4.79 Å². The van der Waals surface area contributed by atoms with Crippen molar-refractivity contribution in [2.45, 2.75) is 23.6 Å². The van der Waals surface area contributed by atoms with Crippen LogP contribution in [0.5, 0.6) is 0 Å². The lowest BCUT2D eigenvalue weighted by atomic mass is 10.0. The molecule has 0 unspecified atom stereocenters. The number of hydrogen-bond donors (Lipinski definition) is 0. The monoisotopic (exact) mass is 310 g/mol. The van der Waals surface area contributed by atoms with Crippen LogP contribution in [-0.4, -0.2) is 56.1 Å². The van der Waals surface area contributed by atoms with Gasteiger partial charge in [-0.15, -0.1) is 0 Å². The van der Waals surface area contributed by atoms with E-state index in [0.29, 0.717) is 0 Å². The molecule has 0 saturated carbocycles. The van der Waals surface area contributed by atoms with E-state index in [-0.39, 0.29) is 0 Å². The van der Waals surface area contributed by atoms with Crippen molar-refractivity contribution in [3.8, 4) is 0 Å². The fourth-order valence-electron chi connectivity index (χ4n) is 1.48. The molecule has 2 aliphatic heterocycles. The van der Waals surface area contributed by atoms with Crippen molar-refractivity contribution in [2.75, 3.05) is 26.4 Å². The molecule has 0 aliphatic carbocycles. The first-order chi connectivity index (χ1) is 9.02. The van der Waals surface area contributed by atoms with E-state index < -0.39 is 56.1 Å². The third kappa shape index (κ3) is 2.28. The minimum atomic E-state index is -4.97. The summed E-state index contributed by atoms with van der Waals surface area (Å²) in [5.41, 5.74) is -5.91. The van der Waals surface area contributed by atoms with E-state index >= 15 is 0 Å². The molecule has 0 aromatic heterocycles. The van der Waals surface area contributed by atoms with Gasteiger partial charge in [-0.3, -0.25) is 0 Å². The molecule has 2 saturated heterocycles. The van der Waals surface area contributed by atoms with Crippen molar-refractivity contribution in [1.82, 2.24) is 0 Å². The molecule has 0 amide bonds. The van der Waals surface area contributed by atoms with Crippen LogP contribution in [0.4, 0.5) is 31.1 Å².